The molecule has 1 fully saturated rings. The van der Waals surface area contributed by atoms with Crippen molar-refractivity contribution in [2.24, 2.45) is 0 Å². The maximum Gasteiger partial charge on any atom is 0.143 e. The number of ketones is 1. The predicted octanol–water partition coefficient (Wildman–Crippen LogP) is 5.38. The van der Waals surface area contributed by atoms with Crippen LogP contribution in [0.3, 0.4) is 0 Å². The highest BCUT2D eigenvalue weighted by Gasteiger charge is 2.20. The third-order valence-electron chi connectivity index (χ3n) is 6.44. The Morgan fingerprint density at radius 2 is 1.81 bits per heavy atom. The van der Waals surface area contributed by atoms with Gasteiger partial charge in [0.1, 0.15) is 23.0 Å². The molecule has 37 heavy (non-hydrogen) atoms. The Bertz CT molecular complexity index is 1210. The Hall–Kier alpha value is -3.43. The molecule has 4 rings (SSSR count). The second kappa shape index (κ2) is 12.7. The van der Waals surface area contributed by atoms with Gasteiger partial charge in [0.05, 0.1) is 24.9 Å². The van der Waals surface area contributed by atoms with Gasteiger partial charge in [-0.25, -0.2) is 4.98 Å². The van der Waals surface area contributed by atoms with Crippen molar-refractivity contribution in [2.75, 3.05) is 26.2 Å². The number of carbonyl (C=O) groups excluding carboxylic acids is 1. The summed E-state index contributed by atoms with van der Waals surface area (Å²) in [7, 11) is 0. The summed E-state index contributed by atoms with van der Waals surface area (Å²) in [6.45, 7) is 10.4. The van der Waals surface area contributed by atoms with Crippen LogP contribution in [0.4, 0.5) is 0 Å². The monoisotopic (exact) mass is 499 g/mol. The van der Waals surface area contributed by atoms with Crippen molar-refractivity contribution in [1.29, 1.82) is 0 Å². The van der Waals surface area contributed by atoms with E-state index in [9.17, 15) is 4.79 Å². The first-order valence-corrected chi connectivity index (χ1v) is 13.3. The smallest absolute Gasteiger partial charge is 0.143 e. The Morgan fingerprint density at radius 3 is 2.49 bits per heavy atom. The molecule has 0 unspecified atom stereocenters. The number of hydrogen-bond acceptors (Lipinski definition) is 6. The highest BCUT2D eigenvalue weighted by molar-refractivity contribution is 5.82. The molecule has 0 bridgehead atoms. The third-order valence-corrected chi connectivity index (χ3v) is 6.44. The fourth-order valence-electron chi connectivity index (χ4n) is 4.28. The van der Waals surface area contributed by atoms with E-state index in [0.29, 0.717) is 24.4 Å². The van der Waals surface area contributed by atoms with Crippen molar-refractivity contribution >= 4 is 5.78 Å². The van der Waals surface area contributed by atoms with Crippen LogP contribution in [0.25, 0.3) is 0 Å². The van der Waals surface area contributed by atoms with E-state index in [1.54, 1.807) is 6.20 Å². The number of carbonyl (C=O) groups is 1. The van der Waals surface area contributed by atoms with Crippen molar-refractivity contribution < 1.29 is 14.1 Å². The largest absolute Gasteiger partial charge is 0.492 e. The quantitative estimate of drug-likeness (QED) is 0.291. The highest BCUT2D eigenvalue weighted by Crippen LogP contribution is 2.23. The summed E-state index contributed by atoms with van der Waals surface area (Å²) < 4.78 is 11.2. The van der Waals surface area contributed by atoms with E-state index < -0.39 is 0 Å². The first-order chi connectivity index (χ1) is 17.8. The van der Waals surface area contributed by atoms with Gasteiger partial charge in [-0.05, 0) is 68.1 Å². The fraction of sp³-hybridized carbons (Fsp3) is 0.452. The summed E-state index contributed by atoms with van der Waals surface area (Å²) in [5.74, 6) is 7.91. The van der Waals surface area contributed by atoms with Gasteiger partial charge in [0.15, 0.2) is 0 Å². The fourth-order valence-corrected chi connectivity index (χ4v) is 4.28. The van der Waals surface area contributed by atoms with Crippen molar-refractivity contribution in [1.82, 2.24) is 15.0 Å². The van der Waals surface area contributed by atoms with Gasteiger partial charge in [-0.3, -0.25) is 4.79 Å². The highest BCUT2D eigenvalue weighted by atomic mass is 16.5. The van der Waals surface area contributed by atoms with Crippen LogP contribution < -0.4 is 4.74 Å². The molecule has 194 valence electrons. The van der Waals surface area contributed by atoms with Crippen LogP contribution in [0.2, 0.25) is 0 Å². The van der Waals surface area contributed by atoms with Gasteiger partial charge >= 0.3 is 0 Å². The number of Topliss-reactive ketones (excluding diaryl/α,β-unsaturated/α-hetero) is 1. The molecule has 6 heteroatoms. The van der Waals surface area contributed by atoms with Crippen LogP contribution in [0.5, 0.6) is 5.75 Å². The molecule has 2 aromatic heterocycles. The number of benzene rings is 1. The second-order valence-corrected chi connectivity index (χ2v) is 10.8. The molecular formula is C31H37N3O3. The summed E-state index contributed by atoms with van der Waals surface area (Å²) in [4.78, 5) is 19.4. The minimum Gasteiger partial charge on any atom is -0.492 e. The summed E-state index contributed by atoms with van der Waals surface area (Å²) in [5.41, 5.74) is 3.08. The van der Waals surface area contributed by atoms with Crippen LogP contribution in [0.15, 0.2) is 53.2 Å². The number of ether oxygens (including phenoxy) is 1. The molecule has 3 heterocycles. The number of likely N-dealkylation sites (tertiary alicyclic amines) is 1. The molecule has 0 spiro atoms. The lowest BCUT2D eigenvalue weighted by molar-refractivity contribution is -0.117. The molecule has 6 nitrogen and oxygen atoms in total. The third kappa shape index (κ3) is 8.58. The average Bonchev–Trinajstić information content (AvgIpc) is 3.37. The number of rotatable bonds is 9. The Balaban J connectivity index is 1.21. The topological polar surface area (TPSA) is 68.5 Å². The van der Waals surface area contributed by atoms with Gasteiger partial charge in [-0.2, -0.15) is 0 Å². The molecule has 1 aromatic carbocycles. The van der Waals surface area contributed by atoms with Gasteiger partial charge < -0.3 is 14.2 Å². The van der Waals surface area contributed by atoms with Crippen molar-refractivity contribution in [3.8, 4) is 17.6 Å². The Labute approximate surface area is 220 Å². The van der Waals surface area contributed by atoms with Crippen molar-refractivity contribution in [3.63, 3.8) is 0 Å². The Kier molecular flexibility index (Phi) is 9.14. The second-order valence-electron chi connectivity index (χ2n) is 10.8. The molecular weight excluding hydrogens is 462 g/mol. The number of aromatic nitrogens is 2. The molecule has 0 aliphatic carbocycles. The molecule has 1 saturated heterocycles. The van der Waals surface area contributed by atoms with E-state index >= 15 is 0 Å². The van der Waals surface area contributed by atoms with Crippen LogP contribution in [0, 0.1) is 11.8 Å². The lowest BCUT2D eigenvalue weighted by atomic mass is 9.93. The summed E-state index contributed by atoms with van der Waals surface area (Å²) in [5, 5.41) is 4.04. The molecule has 0 atom stereocenters. The zero-order valence-corrected chi connectivity index (χ0v) is 22.3. The standard InChI is InChI=1S/C31H37N3O3/c1-31(2,3)30-22-27(33-37-30)21-28(35)20-25-10-8-24(9-11-25)12-13-26-14-15-29(23-32-26)36-19-7-18-34-16-5-4-6-17-34/h8-11,14-15,22-23H,4-7,16-21H2,1-3H3. The molecule has 0 radical (unpaired) electrons. The average molecular weight is 500 g/mol. The first kappa shape index (κ1) is 26.6. The maximum atomic E-state index is 12.5. The number of hydrogen-bond donors (Lipinski definition) is 0. The lowest BCUT2D eigenvalue weighted by Crippen LogP contribution is -2.31. The van der Waals surface area contributed by atoms with E-state index in [4.69, 9.17) is 9.26 Å². The molecule has 0 saturated carbocycles. The zero-order valence-electron chi connectivity index (χ0n) is 22.3. The molecule has 0 amide bonds. The molecule has 1 aliphatic rings. The van der Waals surface area contributed by atoms with Gasteiger partial charge in [-0.1, -0.05) is 50.4 Å². The Morgan fingerprint density at radius 1 is 1.03 bits per heavy atom. The summed E-state index contributed by atoms with van der Waals surface area (Å²) in [6, 6.07) is 13.4. The predicted molar refractivity (Wildman–Crippen MR) is 145 cm³/mol. The van der Waals surface area contributed by atoms with E-state index in [1.807, 2.05) is 42.5 Å². The van der Waals surface area contributed by atoms with Gasteiger partial charge in [0.2, 0.25) is 0 Å². The minimum atomic E-state index is -0.122. The summed E-state index contributed by atoms with van der Waals surface area (Å²) in [6.07, 6.45) is 7.39. The van der Waals surface area contributed by atoms with Crippen LogP contribution in [0.1, 0.15) is 74.7 Å². The van der Waals surface area contributed by atoms with Crippen LogP contribution >= 0.6 is 0 Å². The van der Waals surface area contributed by atoms with Gasteiger partial charge in [-0.15, -0.1) is 0 Å². The zero-order chi connectivity index (χ0) is 26.1. The lowest BCUT2D eigenvalue weighted by Gasteiger charge is -2.26. The van der Waals surface area contributed by atoms with E-state index in [0.717, 1.165) is 35.6 Å². The SMILES string of the molecule is CC(C)(C)c1cc(CC(=O)Cc2ccc(C#Cc3ccc(OCCCN4CCCCC4)cn3)cc2)no1. The first-order valence-electron chi connectivity index (χ1n) is 13.3. The maximum absolute atomic E-state index is 12.5. The normalized spacial score (nSPS) is 14.1. The van der Waals surface area contributed by atoms with Crippen molar-refractivity contribution in [3.05, 3.63) is 76.9 Å². The molecule has 1 aliphatic heterocycles. The number of nitrogens with zero attached hydrogens (tertiary/aromatic N) is 3. The molecule has 0 N–H and O–H groups in total. The van der Waals surface area contributed by atoms with Gasteiger partial charge in [0, 0.05) is 30.0 Å². The minimum absolute atomic E-state index is 0.102. The van der Waals surface area contributed by atoms with Crippen molar-refractivity contribution in [2.45, 2.75) is 64.7 Å². The van der Waals surface area contributed by atoms with E-state index in [-0.39, 0.29) is 17.6 Å². The van der Waals surface area contributed by atoms with Crippen LogP contribution in [-0.4, -0.2) is 47.1 Å². The number of piperidine rings is 1. The van der Waals surface area contributed by atoms with Crippen LogP contribution in [-0.2, 0) is 23.1 Å². The summed E-state index contributed by atoms with van der Waals surface area (Å²) >= 11 is 0. The van der Waals surface area contributed by atoms with Gasteiger partial charge in [0.25, 0.3) is 0 Å². The van der Waals surface area contributed by atoms with E-state index in [2.05, 4.69) is 47.7 Å². The molecule has 3 aromatic rings. The van der Waals surface area contributed by atoms with E-state index in [1.165, 1.54) is 32.4 Å². The number of pyridine rings is 1.